The van der Waals surface area contributed by atoms with Crippen molar-refractivity contribution in [2.45, 2.75) is 67.8 Å². The van der Waals surface area contributed by atoms with Gasteiger partial charge in [0.1, 0.15) is 20.6 Å². The van der Waals surface area contributed by atoms with Crippen LogP contribution < -0.4 is 0 Å². The molecule has 38 heavy (non-hydrogen) atoms. The van der Waals surface area contributed by atoms with Crippen molar-refractivity contribution in [3.8, 4) is 0 Å². The Kier molecular flexibility index (Phi) is 14.9. The first-order chi connectivity index (χ1) is 18.0. The number of rotatable bonds is 6. The fraction of sp³-hybridized carbons (Fsp3) is 0.591. The number of thioether (sulfide) groups is 2. The van der Waals surface area contributed by atoms with Crippen LogP contribution in [0, 0.1) is 11.8 Å². The Balaban J connectivity index is 0.000000234. The molecule has 1 N–H and O–H groups in total. The standard InChI is InChI=1S/C11H14Cl2N2OS.C11H12Cl2N2OS.Cr.3O/c2*1-17-11-14-9(12)7(10(13)15-11)8(16)6-4-2-3-5-6;;;;/h6,8,16H,2-5H2,1H3;6H,2-5H2,1H3;;;;. The quantitative estimate of drug-likeness (QED) is 0.142. The first-order valence-corrected chi connectivity index (χ1v) is 17.0. The number of carbonyl (C=O) groups is 1. The molecular formula is C22H26Cl4CrN4O5S2. The summed E-state index contributed by atoms with van der Waals surface area (Å²) in [5.41, 5.74) is 0.774. The van der Waals surface area contributed by atoms with E-state index in [9.17, 15) is 9.90 Å². The molecule has 0 amide bonds. The number of aromatic nitrogens is 4. The molecule has 9 nitrogen and oxygen atoms in total. The summed E-state index contributed by atoms with van der Waals surface area (Å²) in [7, 11) is 0. The summed E-state index contributed by atoms with van der Waals surface area (Å²) in [6.45, 7) is 0. The second-order valence-corrected chi connectivity index (χ2v) is 12.0. The summed E-state index contributed by atoms with van der Waals surface area (Å²) >= 11 is 23.1. The van der Waals surface area contributed by atoms with Crippen molar-refractivity contribution in [3.63, 3.8) is 0 Å². The predicted molar refractivity (Wildman–Crippen MR) is 143 cm³/mol. The van der Waals surface area contributed by atoms with E-state index in [4.69, 9.17) is 57.8 Å². The number of carbonyl (C=O) groups excluding carboxylic acids is 1. The molecule has 0 aromatic carbocycles. The van der Waals surface area contributed by atoms with E-state index in [1.165, 1.54) is 23.5 Å². The zero-order valence-electron chi connectivity index (χ0n) is 20.5. The second-order valence-electron chi connectivity index (χ2n) is 8.41. The maximum atomic E-state index is 12.2. The van der Waals surface area contributed by atoms with Gasteiger partial charge < -0.3 is 5.11 Å². The zero-order chi connectivity index (χ0) is 28.4. The number of nitrogens with zero attached hydrogens (tertiary/aromatic N) is 4. The number of ketones is 1. The van der Waals surface area contributed by atoms with Crippen LogP contribution in [0.3, 0.4) is 0 Å². The summed E-state index contributed by atoms with van der Waals surface area (Å²) < 4.78 is 25.6. The molecule has 16 heteroatoms. The van der Waals surface area contributed by atoms with Crippen LogP contribution in [-0.2, 0) is 25.4 Å². The van der Waals surface area contributed by atoms with E-state index < -0.39 is 20.1 Å². The van der Waals surface area contributed by atoms with Gasteiger partial charge in [0.15, 0.2) is 16.1 Å². The van der Waals surface area contributed by atoms with Gasteiger partial charge in [0.05, 0.1) is 17.2 Å². The van der Waals surface area contributed by atoms with E-state index in [-0.39, 0.29) is 43.8 Å². The third kappa shape index (κ3) is 9.89. The van der Waals surface area contributed by atoms with E-state index in [2.05, 4.69) is 19.9 Å². The molecule has 2 heterocycles. The molecule has 2 aromatic heterocycles. The third-order valence-corrected chi connectivity index (χ3v) is 8.33. The number of aliphatic hydroxyl groups excluding tert-OH is 1. The van der Waals surface area contributed by atoms with Gasteiger partial charge in [-0.15, -0.1) is 0 Å². The molecule has 2 aliphatic rings. The molecule has 2 aliphatic carbocycles. The van der Waals surface area contributed by atoms with Crippen LogP contribution in [0.25, 0.3) is 0 Å². The topological polar surface area (TPSA) is 140 Å². The Morgan fingerprint density at radius 1 is 0.789 bits per heavy atom. The van der Waals surface area contributed by atoms with Crippen molar-refractivity contribution >= 4 is 75.7 Å². The molecule has 0 aliphatic heterocycles. The van der Waals surface area contributed by atoms with Gasteiger partial charge in [-0.2, -0.15) is 0 Å². The molecule has 0 spiro atoms. The predicted octanol–water partition coefficient (Wildman–Crippen LogP) is 7.25. The second kappa shape index (κ2) is 16.8. The third-order valence-electron chi connectivity index (χ3n) is 6.11. The van der Waals surface area contributed by atoms with Crippen molar-refractivity contribution < 1.29 is 35.3 Å². The molecular weight excluding hydrogens is 658 g/mol. The molecule has 0 radical (unpaired) electrons. The molecule has 1 atom stereocenters. The van der Waals surface area contributed by atoms with Crippen LogP contribution in [-0.4, -0.2) is 43.3 Å². The summed E-state index contributed by atoms with van der Waals surface area (Å²) in [5.74, 6) is 0.257. The van der Waals surface area contributed by atoms with E-state index in [1.807, 2.05) is 12.5 Å². The Bertz CT molecular complexity index is 1180. The van der Waals surface area contributed by atoms with Gasteiger partial charge in [0, 0.05) is 5.92 Å². The van der Waals surface area contributed by atoms with Gasteiger partial charge in [0.2, 0.25) is 0 Å². The number of Topliss-reactive ketones (excluding diaryl/α,β-unsaturated/α-hetero) is 1. The molecule has 1 unspecified atom stereocenters. The van der Waals surface area contributed by atoms with E-state index in [0.29, 0.717) is 15.9 Å². The summed E-state index contributed by atoms with van der Waals surface area (Å²) in [5, 5.41) is 12.2. The van der Waals surface area contributed by atoms with Crippen molar-refractivity contribution in [1.29, 1.82) is 0 Å². The fourth-order valence-corrected chi connectivity index (χ4v) is 6.43. The van der Waals surface area contributed by atoms with Gasteiger partial charge in [-0.1, -0.05) is 95.6 Å². The van der Waals surface area contributed by atoms with Gasteiger partial charge >= 0.3 is 25.4 Å². The monoisotopic (exact) mass is 682 g/mol. The number of hydrogen-bond donors (Lipinski definition) is 1. The summed E-state index contributed by atoms with van der Waals surface area (Å²) in [4.78, 5) is 28.6. The minimum absolute atomic E-state index is 0.00912. The van der Waals surface area contributed by atoms with E-state index >= 15 is 0 Å². The molecule has 2 saturated carbocycles. The average Bonchev–Trinajstić information content (AvgIpc) is 3.57. The van der Waals surface area contributed by atoms with E-state index in [1.54, 1.807) is 0 Å². The maximum absolute atomic E-state index is 12.2. The first-order valence-electron chi connectivity index (χ1n) is 11.5. The van der Waals surface area contributed by atoms with Crippen LogP contribution >= 0.6 is 69.9 Å². The molecule has 0 bridgehead atoms. The van der Waals surface area contributed by atoms with Gasteiger partial charge in [0.25, 0.3) is 0 Å². The first kappa shape index (κ1) is 33.8. The Hall–Kier alpha value is -0.418. The van der Waals surface area contributed by atoms with Crippen molar-refractivity contribution in [1.82, 2.24) is 19.9 Å². The molecule has 2 fully saturated rings. The summed E-state index contributed by atoms with van der Waals surface area (Å²) in [6.07, 6.45) is 11.4. The normalized spacial score (nSPS) is 16.3. The number of halogens is 4. The molecule has 4 rings (SSSR count). The Morgan fingerprint density at radius 2 is 1.16 bits per heavy atom. The minimum atomic E-state index is -3.79. The van der Waals surface area contributed by atoms with Crippen LogP contribution in [0.4, 0.5) is 0 Å². The van der Waals surface area contributed by atoms with Crippen LogP contribution in [0.5, 0.6) is 0 Å². The number of aliphatic hydroxyl groups is 1. The SMILES string of the molecule is CSc1nc(Cl)c(C(=O)C2CCCC2)c(Cl)n1.CSc1nc(Cl)c(C(O)C2CCCC2)c(Cl)n1.[O]=[Cr](=[O])=[O]. The molecule has 210 valence electrons. The van der Waals surface area contributed by atoms with Crippen LogP contribution in [0.15, 0.2) is 10.3 Å². The Labute approximate surface area is 253 Å². The van der Waals surface area contributed by atoms with Crippen molar-refractivity contribution in [2.75, 3.05) is 12.5 Å². The van der Waals surface area contributed by atoms with Crippen molar-refractivity contribution in [3.05, 3.63) is 31.7 Å². The van der Waals surface area contributed by atoms with Crippen molar-refractivity contribution in [2.24, 2.45) is 11.8 Å². The fourth-order valence-electron chi connectivity index (χ4n) is 4.32. The van der Waals surface area contributed by atoms with E-state index in [0.717, 1.165) is 51.4 Å². The summed E-state index contributed by atoms with van der Waals surface area (Å²) in [6, 6.07) is 0. The van der Waals surface area contributed by atoms with Gasteiger partial charge in [-0.3, -0.25) is 4.79 Å². The van der Waals surface area contributed by atoms with Crippen LogP contribution in [0.1, 0.15) is 73.4 Å². The average molecular weight is 684 g/mol. The molecule has 0 saturated heterocycles. The Morgan fingerprint density at radius 3 is 1.55 bits per heavy atom. The number of hydrogen-bond acceptors (Lipinski definition) is 11. The zero-order valence-corrected chi connectivity index (χ0v) is 26.4. The molecule has 2 aromatic rings. The van der Waals surface area contributed by atoms with Crippen LogP contribution in [0.2, 0.25) is 20.6 Å². The van der Waals surface area contributed by atoms with Gasteiger partial charge in [-0.25, -0.2) is 19.9 Å². The van der Waals surface area contributed by atoms with Gasteiger partial charge in [-0.05, 0) is 44.1 Å².